The van der Waals surface area contributed by atoms with E-state index in [2.05, 4.69) is 49.4 Å². The maximum absolute atomic E-state index is 8.99. The first-order valence-corrected chi connectivity index (χ1v) is 8.49. The van der Waals surface area contributed by atoms with Crippen LogP contribution in [0.2, 0.25) is 0 Å². The van der Waals surface area contributed by atoms with Crippen LogP contribution >= 0.6 is 0 Å². The molecule has 0 bridgehead atoms. The third-order valence-electron chi connectivity index (χ3n) is 4.70. The Bertz CT molecular complexity index is 584. The summed E-state index contributed by atoms with van der Waals surface area (Å²) < 4.78 is 0. The van der Waals surface area contributed by atoms with Crippen molar-refractivity contribution in [2.75, 3.05) is 13.1 Å². The molecule has 1 fully saturated rings. The lowest BCUT2D eigenvalue weighted by Gasteiger charge is -2.24. The molecule has 4 nitrogen and oxygen atoms in total. The van der Waals surface area contributed by atoms with Gasteiger partial charge >= 0.3 is 0 Å². The summed E-state index contributed by atoms with van der Waals surface area (Å²) in [6.07, 6.45) is 4.30. The summed E-state index contributed by atoms with van der Waals surface area (Å²) in [7, 11) is 0. The van der Waals surface area contributed by atoms with Crippen LogP contribution in [0.3, 0.4) is 0 Å². The number of nitrogens with one attached hydrogen (secondary N) is 1. The van der Waals surface area contributed by atoms with Gasteiger partial charge in [0.15, 0.2) is 0 Å². The van der Waals surface area contributed by atoms with Gasteiger partial charge in [0.25, 0.3) is 0 Å². The summed E-state index contributed by atoms with van der Waals surface area (Å²) >= 11 is 0. The Morgan fingerprint density at radius 3 is 2.65 bits per heavy atom. The molecule has 4 N–H and O–H groups in total. The maximum atomic E-state index is 8.99. The van der Waals surface area contributed by atoms with Gasteiger partial charge in [-0.1, -0.05) is 37.2 Å². The molecular weight excluding hydrogens is 286 g/mol. The summed E-state index contributed by atoms with van der Waals surface area (Å²) in [5.41, 5.74) is 12.1. The van der Waals surface area contributed by atoms with Gasteiger partial charge in [0.1, 0.15) is 0 Å². The molecule has 2 rings (SSSR count). The van der Waals surface area contributed by atoms with Crippen LogP contribution in [-0.4, -0.2) is 24.5 Å². The van der Waals surface area contributed by atoms with Crippen LogP contribution in [0.15, 0.2) is 34.6 Å². The van der Waals surface area contributed by atoms with E-state index in [1.807, 2.05) is 0 Å². The Kier molecular flexibility index (Phi) is 6.22. The van der Waals surface area contributed by atoms with E-state index in [1.54, 1.807) is 0 Å². The molecule has 4 heteroatoms. The number of nitrogens with two attached hydrogens (primary N) is 1. The van der Waals surface area contributed by atoms with Gasteiger partial charge in [-0.2, -0.15) is 0 Å². The van der Waals surface area contributed by atoms with Crippen LogP contribution in [0.5, 0.6) is 0 Å². The van der Waals surface area contributed by atoms with E-state index >= 15 is 0 Å². The second kappa shape index (κ2) is 8.16. The lowest BCUT2D eigenvalue weighted by atomic mass is 9.87. The highest BCUT2D eigenvalue weighted by Gasteiger charge is 2.19. The first-order chi connectivity index (χ1) is 11.0. The van der Waals surface area contributed by atoms with Gasteiger partial charge in [-0.05, 0) is 67.0 Å². The first kappa shape index (κ1) is 17.5. The van der Waals surface area contributed by atoms with Crippen molar-refractivity contribution in [1.29, 1.82) is 0 Å². The number of benzene rings is 1. The second-order valence-corrected chi connectivity index (χ2v) is 6.77. The molecule has 1 aromatic carbocycles. The van der Waals surface area contributed by atoms with Crippen molar-refractivity contribution in [2.24, 2.45) is 16.8 Å². The highest BCUT2D eigenvalue weighted by molar-refractivity contribution is 5.79. The van der Waals surface area contributed by atoms with Crippen LogP contribution in [0.25, 0.3) is 0 Å². The minimum atomic E-state index is 0.378. The maximum Gasteiger partial charge on any atom is 0.0713 e. The van der Waals surface area contributed by atoms with Crippen LogP contribution in [0, 0.1) is 12.8 Å². The zero-order valence-corrected chi connectivity index (χ0v) is 14.5. The fraction of sp³-hybridized carbons (Fsp3) is 0.526. The van der Waals surface area contributed by atoms with Crippen molar-refractivity contribution in [3.8, 4) is 0 Å². The normalized spacial score (nSPS) is 17.7. The number of hydrogen-bond donors (Lipinski definition) is 3. The van der Waals surface area contributed by atoms with Crippen LogP contribution in [0.4, 0.5) is 0 Å². The van der Waals surface area contributed by atoms with E-state index in [9.17, 15) is 0 Å². The van der Waals surface area contributed by atoms with Gasteiger partial charge in [-0.25, -0.2) is 0 Å². The first-order valence-electron chi connectivity index (χ1n) is 8.49. The van der Waals surface area contributed by atoms with Crippen LogP contribution < -0.4 is 11.1 Å². The Morgan fingerprint density at radius 2 is 2.09 bits per heavy atom. The average Bonchev–Trinajstić information content (AvgIpc) is 2.53. The highest BCUT2D eigenvalue weighted by atomic mass is 16.4. The minimum absolute atomic E-state index is 0.378. The van der Waals surface area contributed by atoms with E-state index in [4.69, 9.17) is 10.9 Å². The largest absolute Gasteiger partial charge is 0.411 e. The van der Waals surface area contributed by atoms with E-state index in [0.29, 0.717) is 18.3 Å². The standard InChI is InChI=1S/C19H29N3O/c1-13(2)17-5-4-15(10-14(17)3)11-19(20)18(12-22-23)16-6-8-21-9-7-16/h4-5,10,12-13,16,21,23H,6-9,11,20H2,1-3H3/b19-18+,22-12+. The monoisotopic (exact) mass is 315 g/mol. The number of aryl methyl sites for hydroxylation is 1. The van der Waals surface area contributed by atoms with Crippen LogP contribution in [0.1, 0.15) is 49.3 Å². The summed E-state index contributed by atoms with van der Waals surface area (Å²) in [6.45, 7) is 8.56. The average molecular weight is 315 g/mol. The summed E-state index contributed by atoms with van der Waals surface area (Å²) in [5, 5.41) is 15.6. The third kappa shape index (κ3) is 4.58. The number of allylic oxidation sites excluding steroid dienone is 2. The van der Waals surface area contributed by atoms with Crippen molar-refractivity contribution in [3.05, 3.63) is 46.2 Å². The molecule has 0 amide bonds. The molecule has 1 aliphatic rings. The molecule has 0 atom stereocenters. The van der Waals surface area contributed by atoms with Gasteiger partial charge in [-0.3, -0.25) is 0 Å². The van der Waals surface area contributed by atoms with E-state index in [-0.39, 0.29) is 0 Å². The van der Waals surface area contributed by atoms with Gasteiger partial charge in [0.05, 0.1) is 6.21 Å². The lowest BCUT2D eigenvalue weighted by Crippen LogP contribution is -2.30. The molecule has 1 aromatic rings. The molecule has 0 aromatic heterocycles. The van der Waals surface area contributed by atoms with Crippen LogP contribution in [-0.2, 0) is 6.42 Å². The number of hydrogen-bond acceptors (Lipinski definition) is 4. The minimum Gasteiger partial charge on any atom is -0.411 e. The SMILES string of the molecule is Cc1cc(C/C(N)=C(/C=N/O)C2CCNCC2)ccc1C(C)C. The highest BCUT2D eigenvalue weighted by Crippen LogP contribution is 2.25. The van der Waals surface area contributed by atoms with Crippen molar-refractivity contribution in [2.45, 2.75) is 46.0 Å². The molecule has 0 saturated carbocycles. The second-order valence-electron chi connectivity index (χ2n) is 6.77. The molecule has 126 valence electrons. The predicted molar refractivity (Wildman–Crippen MR) is 96.1 cm³/mol. The van der Waals surface area contributed by atoms with Crippen molar-refractivity contribution < 1.29 is 5.21 Å². The zero-order valence-electron chi connectivity index (χ0n) is 14.5. The topological polar surface area (TPSA) is 70.6 Å². The fourth-order valence-electron chi connectivity index (χ4n) is 3.46. The van der Waals surface area contributed by atoms with Crippen molar-refractivity contribution in [3.63, 3.8) is 0 Å². The predicted octanol–water partition coefficient (Wildman–Crippen LogP) is 3.33. The summed E-state index contributed by atoms with van der Waals surface area (Å²) in [5.74, 6) is 0.909. The molecule has 0 radical (unpaired) electrons. The molecule has 0 aliphatic carbocycles. The van der Waals surface area contributed by atoms with Gasteiger partial charge < -0.3 is 16.3 Å². The fourth-order valence-corrected chi connectivity index (χ4v) is 3.46. The van der Waals surface area contributed by atoms with E-state index < -0.39 is 0 Å². The zero-order chi connectivity index (χ0) is 16.8. The van der Waals surface area contributed by atoms with Crippen molar-refractivity contribution >= 4 is 6.21 Å². The third-order valence-corrected chi connectivity index (χ3v) is 4.70. The number of oxime groups is 1. The molecule has 0 unspecified atom stereocenters. The Labute approximate surface area is 139 Å². The Hall–Kier alpha value is -1.81. The summed E-state index contributed by atoms with van der Waals surface area (Å²) in [6, 6.07) is 6.58. The van der Waals surface area contributed by atoms with E-state index in [1.165, 1.54) is 22.9 Å². The number of rotatable bonds is 5. The lowest BCUT2D eigenvalue weighted by molar-refractivity contribution is 0.320. The van der Waals surface area contributed by atoms with E-state index in [0.717, 1.165) is 37.2 Å². The molecule has 1 heterocycles. The molecular formula is C19H29N3O. The van der Waals surface area contributed by atoms with Gasteiger partial charge in [0.2, 0.25) is 0 Å². The molecule has 1 saturated heterocycles. The Morgan fingerprint density at radius 1 is 1.39 bits per heavy atom. The molecule has 23 heavy (non-hydrogen) atoms. The van der Waals surface area contributed by atoms with Gasteiger partial charge in [0, 0.05) is 12.1 Å². The molecule has 1 aliphatic heterocycles. The Balaban J connectivity index is 2.22. The number of nitrogens with zero attached hydrogens (tertiary/aromatic N) is 1. The number of piperidine rings is 1. The summed E-state index contributed by atoms with van der Waals surface area (Å²) in [4.78, 5) is 0. The van der Waals surface area contributed by atoms with Crippen molar-refractivity contribution in [1.82, 2.24) is 5.32 Å². The molecule has 0 spiro atoms. The smallest absolute Gasteiger partial charge is 0.0713 e. The van der Waals surface area contributed by atoms with Gasteiger partial charge in [-0.15, -0.1) is 0 Å². The quantitative estimate of drug-likeness (QED) is 0.443.